The van der Waals surface area contributed by atoms with Crippen molar-refractivity contribution in [1.29, 1.82) is 0 Å². The summed E-state index contributed by atoms with van der Waals surface area (Å²) in [6.07, 6.45) is 0.889. The summed E-state index contributed by atoms with van der Waals surface area (Å²) in [4.78, 5) is 9.63. The van der Waals surface area contributed by atoms with Crippen LogP contribution in [0.25, 0.3) is 0 Å². The number of hydrogen-bond acceptors (Lipinski definition) is 3. The van der Waals surface area contributed by atoms with E-state index in [0.717, 1.165) is 0 Å². The Hall–Kier alpha value is -0.680. The number of nitrogens with one attached hydrogen (secondary N) is 1. The van der Waals surface area contributed by atoms with Gasteiger partial charge >= 0.3 is 5.97 Å². The smallest absolute Gasteiger partial charge is 0.340 e. The first-order valence-electron chi connectivity index (χ1n) is 4.25. The Kier molecular flexibility index (Phi) is 7.53. The van der Waals surface area contributed by atoms with Gasteiger partial charge in [0.1, 0.15) is 0 Å². The number of ether oxygens (including phenoxy) is 1. The lowest BCUT2D eigenvalue weighted by Gasteiger charge is -1.97. The molecule has 0 amide bonds. The number of methoxy groups -OCH3 is 1. The van der Waals surface area contributed by atoms with Crippen molar-refractivity contribution >= 4 is 5.97 Å². The maximum atomic E-state index is 11.8. The topological polar surface area (TPSA) is 58.6 Å². The number of rotatable bonds is 3. The summed E-state index contributed by atoms with van der Waals surface area (Å²) in [5, 5.41) is 11.1. The van der Waals surface area contributed by atoms with Crippen LogP contribution >= 0.6 is 0 Å². The fourth-order valence-electron chi connectivity index (χ4n) is 0.843. The first-order valence-corrected chi connectivity index (χ1v) is 4.25. The normalized spacial score (nSPS) is 17.4. The molecular formula is C8H16FNO3. The van der Waals surface area contributed by atoms with Gasteiger partial charge in [-0.3, -0.25) is 0 Å². The highest BCUT2D eigenvalue weighted by Crippen LogP contribution is 1.90. The predicted octanol–water partition coefficient (Wildman–Crippen LogP) is 0.425. The number of aliphatic carboxylic acids is 1. The molecule has 0 radical (unpaired) electrons. The average Bonchev–Trinajstić information content (AvgIpc) is 2.61. The molecule has 78 valence electrons. The summed E-state index contributed by atoms with van der Waals surface area (Å²) in [6.45, 7) is 2.12. The largest absolute Gasteiger partial charge is 0.479 e. The molecule has 13 heavy (non-hydrogen) atoms. The van der Waals surface area contributed by atoms with E-state index >= 15 is 0 Å². The van der Waals surface area contributed by atoms with E-state index < -0.39 is 12.1 Å². The van der Waals surface area contributed by atoms with Gasteiger partial charge in [0, 0.05) is 7.11 Å². The Morgan fingerprint density at radius 3 is 2.31 bits per heavy atom. The highest BCUT2D eigenvalue weighted by atomic mass is 19.1. The Bertz CT molecular complexity index is 132. The quantitative estimate of drug-likeness (QED) is 0.682. The van der Waals surface area contributed by atoms with Gasteiger partial charge in [-0.2, -0.15) is 0 Å². The number of hydrogen-bond donors (Lipinski definition) is 2. The van der Waals surface area contributed by atoms with Crippen molar-refractivity contribution in [2.45, 2.75) is 19.0 Å². The van der Waals surface area contributed by atoms with Crippen LogP contribution in [-0.4, -0.2) is 44.1 Å². The molecule has 1 saturated heterocycles. The molecule has 0 aromatic heterocycles. The van der Waals surface area contributed by atoms with E-state index in [1.807, 2.05) is 0 Å². The van der Waals surface area contributed by atoms with Crippen LogP contribution < -0.4 is 5.32 Å². The van der Waals surface area contributed by atoms with Gasteiger partial charge in [0.15, 0.2) is 0 Å². The van der Waals surface area contributed by atoms with Crippen molar-refractivity contribution in [3.05, 3.63) is 0 Å². The van der Waals surface area contributed by atoms with Crippen LogP contribution in [0.4, 0.5) is 4.39 Å². The van der Waals surface area contributed by atoms with Gasteiger partial charge in [0.05, 0.1) is 6.61 Å². The molecule has 1 fully saturated rings. The molecule has 1 atom stereocenters. The fraction of sp³-hybridized carbons (Fsp3) is 0.875. The van der Waals surface area contributed by atoms with Crippen LogP contribution in [0.15, 0.2) is 0 Å². The van der Waals surface area contributed by atoms with Crippen molar-refractivity contribution in [2.24, 2.45) is 0 Å². The first kappa shape index (κ1) is 12.3. The molecule has 4 nitrogen and oxygen atoms in total. The van der Waals surface area contributed by atoms with Crippen molar-refractivity contribution in [3.8, 4) is 0 Å². The van der Waals surface area contributed by atoms with E-state index in [4.69, 9.17) is 5.11 Å². The Morgan fingerprint density at radius 2 is 2.15 bits per heavy atom. The molecule has 5 heteroatoms. The predicted molar refractivity (Wildman–Crippen MR) is 46.5 cm³/mol. The third-order valence-corrected chi connectivity index (χ3v) is 1.54. The minimum Gasteiger partial charge on any atom is -0.479 e. The summed E-state index contributed by atoms with van der Waals surface area (Å²) < 4.78 is 16.0. The fourth-order valence-corrected chi connectivity index (χ4v) is 0.843. The minimum absolute atomic E-state index is 0.380. The monoisotopic (exact) mass is 193 g/mol. The zero-order chi connectivity index (χ0) is 10.1. The molecule has 2 N–H and O–H groups in total. The van der Waals surface area contributed by atoms with Gasteiger partial charge in [-0.1, -0.05) is 0 Å². The van der Waals surface area contributed by atoms with Crippen molar-refractivity contribution in [2.75, 3.05) is 26.8 Å². The lowest BCUT2D eigenvalue weighted by Crippen LogP contribution is -2.19. The van der Waals surface area contributed by atoms with Crippen LogP contribution in [0.1, 0.15) is 12.8 Å². The second-order valence-electron chi connectivity index (χ2n) is 2.72. The molecule has 0 aliphatic carbocycles. The molecule has 0 spiro atoms. The number of carboxylic acids is 1. The third-order valence-electron chi connectivity index (χ3n) is 1.54. The van der Waals surface area contributed by atoms with Crippen LogP contribution in [0, 0.1) is 0 Å². The van der Waals surface area contributed by atoms with Crippen molar-refractivity contribution < 1.29 is 19.0 Å². The van der Waals surface area contributed by atoms with Crippen molar-refractivity contribution in [1.82, 2.24) is 5.32 Å². The molecule has 1 aliphatic rings. The summed E-state index contributed by atoms with van der Waals surface area (Å²) in [7, 11) is 1.25. The molecule has 1 unspecified atom stereocenters. The van der Waals surface area contributed by atoms with Gasteiger partial charge < -0.3 is 15.2 Å². The SMILES string of the molecule is C1CCNC1.COCC(F)C(=O)O. The van der Waals surface area contributed by atoms with E-state index in [1.54, 1.807) is 0 Å². The number of alkyl halides is 1. The molecular weight excluding hydrogens is 177 g/mol. The summed E-state index contributed by atoms with van der Waals surface area (Å²) in [5.41, 5.74) is 0. The molecule has 0 aromatic carbocycles. The molecule has 1 aliphatic heterocycles. The zero-order valence-corrected chi connectivity index (χ0v) is 7.75. The van der Waals surface area contributed by atoms with Gasteiger partial charge in [0.25, 0.3) is 0 Å². The number of carboxylic acid groups (broad SMARTS) is 1. The van der Waals surface area contributed by atoms with E-state index in [2.05, 4.69) is 10.1 Å². The van der Waals surface area contributed by atoms with Gasteiger partial charge in [-0.15, -0.1) is 0 Å². The van der Waals surface area contributed by atoms with E-state index in [9.17, 15) is 9.18 Å². The maximum Gasteiger partial charge on any atom is 0.340 e. The minimum atomic E-state index is -1.89. The molecule has 1 heterocycles. The van der Waals surface area contributed by atoms with E-state index in [1.165, 1.54) is 33.0 Å². The van der Waals surface area contributed by atoms with Crippen LogP contribution in [0.3, 0.4) is 0 Å². The molecule has 0 saturated carbocycles. The van der Waals surface area contributed by atoms with Crippen LogP contribution in [-0.2, 0) is 9.53 Å². The summed E-state index contributed by atoms with van der Waals surface area (Å²) >= 11 is 0. The highest BCUT2D eigenvalue weighted by molar-refractivity contribution is 5.72. The second-order valence-corrected chi connectivity index (χ2v) is 2.72. The Morgan fingerprint density at radius 1 is 1.62 bits per heavy atom. The van der Waals surface area contributed by atoms with E-state index in [-0.39, 0.29) is 6.61 Å². The lowest BCUT2D eigenvalue weighted by atomic mass is 10.4. The lowest BCUT2D eigenvalue weighted by molar-refractivity contribution is -0.144. The summed E-state index contributed by atoms with van der Waals surface area (Å²) in [6, 6.07) is 0. The number of halogens is 1. The van der Waals surface area contributed by atoms with Gasteiger partial charge in [-0.25, -0.2) is 9.18 Å². The van der Waals surface area contributed by atoms with Crippen LogP contribution in [0.5, 0.6) is 0 Å². The standard InChI is InChI=1S/C4H7FO3.C4H9N/c1-8-2-3(5)4(6)7;1-2-4-5-3-1/h3H,2H2,1H3,(H,6,7);5H,1-4H2. The number of carbonyl (C=O) groups is 1. The summed E-state index contributed by atoms with van der Waals surface area (Å²) in [5.74, 6) is -1.48. The first-order chi connectivity index (χ1) is 6.18. The second kappa shape index (κ2) is 7.94. The van der Waals surface area contributed by atoms with Gasteiger partial charge in [0.2, 0.25) is 6.17 Å². The molecule has 0 bridgehead atoms. The van der Waals surface area contributed by atoms with Gasteiger partial charge in [-0.05, 0) is 25.9 Å². The third kappa shape index (κ3) is 7.67. The van der Waals surface area contributed by atoms with Crippen LogP contribution in [0.2, 0.25) is 0 Å². The molecule has 0 aromatic rings. The average molecular weight is 193 g/mol. The Labute approximate surface area is 77.1 Å². The Balaban J connectivity index is 0.000000243. The maximum absolute atomic E-state index is 11.8. The van der Waals surface area contributed by atoms with E-state index in [0.29, 0.717) is 0 Å². The highest BCUT2D eigenvalue weighted by Gasteiger charge is 2.13. The molecule has 1 rings (SSSR count). The zero-order valence-electron chi connectivity index (χ0n) is 7.75. The van der Waals surface area contributed by atoms with Crippen molar-refractivity contribution in [3.63, 3.8) is 0 Å².